The molecule has 0 fully saturated rings. The van der Waals surface area contributed by atoms with E-state index in [1.165, 1.54) is 35.2 Å². The van der Waals surface area contributed by atoms with Crippen LogP contribution >= 0.6 is 0 Å². The number of amides is 3. The number of carbonyl (C=O) groups is 3. The molecule has 0 saturated carbocycles. The molecule has 0 unspecified atom stereocenters. The Balaban J connectivity index is 1.59. The van der Waals surface area contributed by atoms with E-state index in [1.807, 2.05) is 0 Å². The third-order valence-electron chi connectivity index (χ3n) is 6.42. The van der Waals surface area contributed by atoms with Crippen molar-refractivity contribution in [2.24, 2.45) is 0 Å². The van der Waals surface area contributed by atoms with Crippen molar-refractivity contribution in [1.29, 1.82) is 0 Å². The van der Waals surface area contributed by atoms with Crippen LogP contribution in [0.2, 0.25) is 0 Å². The van der Waals surface area contributed by atoms with Crippen molar-refractivity contribution in [2.75, 3.05) is 11.9 Å². The molecule has 0 atom stereocenters. The second-order valence-corrected chi connectivity index (χ2v) is 12.6. The molecule has 242 valence electrons. The number of nitrogens with one attached hydrogen (secondary N) is 2. The number of aromatic nitrogens is 2. The van der Waals surface area contributed by atoms with Crippen LogP contribution in [0.5, 0.6) is 0 Å². The molecule has 0 aliphatic carbocycles. The number of carbonyl (C=O) groups excluding carboxylic acids is 3. The highest BCUT2D eigenvalue weighted by molar-refractivity contribution is 6.03. The van der Waals surface area contributed by atoms with E-state index < -0.39 is 52.7 Å². The van der Waals surface area contributed by atoms with Gasteiger partial charge in [0.05, 0.1) is 11.4 Å². The van der Waals surface area contributed by atoms with Crippen molar-refractivity contribution in [1.82, 2.24) is 20.0 Å². The van der Waals surface area contributed by atoms with Crippen LogP contribution in [0.25, 0.3) is 5.69 Å². The summed E-state index contributed by atoms with van der Waals surface area (Å²) in [7, 11) is 0. The number of hydrogen-bond donors (Lipinski definition) is 2. The van der Waals surface area contributed by atoms with Gasteiger partial charge in [0.25, 0.3) is 5.91 Å². The first-order valence-electron chi connectivity index (χ1n) is 14.1. The predicted molar refractivity (Wildman–Crippen MR) is 156 cm³/mol. The molecule has 45 heavy (non-hydrogen) atoms. The quantitative estimate of drug-likeness (QED) is 0.306. The van der Waals surface area contributed by atoms with Crippen molar-refractivity contribution >= 4 is 23.8 Å². The minimum Gasteiger partial charge on any atom is -0.444 e. The average molecular weight is 634 g/mol. The molecule has 1 aromatic heterocycles. The summed E-state index contributed by atoms with van der Waals surface area (Å²) < 4.78 is 67.6. The first-order chi connectivity index (χ1) is 20.8. The molecule has 2 aromatic carbocycles. The largest absolute Gasteiger partial charge is 0.444 e. The molecule has 14 heteroatoms. The first kappa shape index (κ1) is 33.3. The summed E-state index contributed by atoms with van der Waals surface area (Å²) in [5.41, 5.74) is -1.79. The fourth-order valence-corrected chi connectivity index (χ4v) is 4.51. The highest BCUT2D eigenvalue weighted by Crippen LogP contribution is 2.31. The standard InChI is InChI=1S/C31H35F4N5O5/c1-29(2,3)44-27(42)36-16-18-8-7-9-21(12-18)40-24(15-25(38-40)31(33,34)35)26(41)37-23-14-20-17-39(28(43)45-30(4,5)6)11-10-19(20)13-22(23)32/h7-9,12-15H,10-11,16-17H2,1-6H3,(H,36,42)(H,37,41). The highest BCUT2D eigenvalue weighted by Gasteiger charge is 2.36. The summed E-state index contributed by atoms with van der Waals surface area (Å²) in [6.07, 6.45) is -5.76. The molecule has 0 saturated heterocycles. The molecule has 3 aromatic rings. The van der Waals surface area contributed by atoms with Gasteiger partial charge in [0.1, 0.15) is 22.7 Å². The van der Waals surface area contributed by atoms with E-state index in [1.54, 1.807) is 47.6 Å². The lowest BCUT2D eigenvalue weighted by Crippen LogP contribution is -2.40. The number of ether oxygens (including phenoxy) is 2. The zero-order chi connectivity index (χ0) is 33.3. The van der Waals surface area contributed by atoms with Crippen molar-refractivity contribution in [3.05, 3.63) is 76.4 Å². The number of benzene rings is 2. The van der Waals surface area contributed by atoms with Gasteiger partial charge in [-0.05, 0) is 88.9 Å². The van der Waals surface area contributed by atoms with Gasteiger partial charge in [0.2, 0.25) is 0 Å². The molecule has 3 amide bonds. The molecule has 0 spiro atoms. The number of fused-ring (bicyclic) bond motifs is 1. The molecule has 10 nitrogen and oxygen atoms in total. The van der Waals surface area contributed by atoms with Gasteiger partial charge in [0, 0.05) is 25.7 Å². The maximum atomic E-state index is 15.1. The number of nitrogens with zero attached hydrogens (tertiary/aromatic N) is 3. The Morgan fingerprint density at radius 2 is 1.62 bits per heavy atom. The van der Waals surface area contributed by atoms with Gasteiger partial charge in [0.15, 0.2) is 5.69 Å². The number of halogens is 4. The van der Waals surface area contributed by atoms with Gasteiger partial charge in [-0.1, -0.05) is 12.1 Å². The maximum absolute atomic E-state index is 15.1. The van der Waals surface area contributed by atoms with Crippen LogP contribution in [0.1, 0.15) is 74.4 Å². The van der Waals surface area contributed by atoms with Crippen molar-refractivity contribution < 1.29 is 41.4 Å². The van der Waals surface area contributed by atoms with Gasteiger partial charge < -0.3 is 25.0 Å². The van der Waals surface area contributed by atoms with Crippen LogP contribution in [0, 0.1) is 5.82 Å². The lowest BCUT2D eigenvalue weighted by Gasteiger charge is -2.31. The van der Waals surface area contributed by atoms with Gasteiger partial charge in [-0.25, -0.2) is 18.7 Å². The Hall–Kier alpha value is -4.62. The third kappa shape index (κ3) is 8.73. The van der Waals surface area contributed by atoms with E-state index in [9.17, 15) is 27.6 Å². The van der Waals surface area contributed by atoms with Gasteiger partial charge in [-0.15, -0.1) is 0 Å². The molecule has 2 N–H and O–H groups in total. The molecule has 1 aliphatic heterocycles. The molecule has 0 bridgehead atoms. The summed E-state index contributed by atoms with van der Waals surface area (Å²) >= 11 is 0. The predicted octanol–water partition coefficient (Wildman–Crippen LogP) is 6.60. The number of hydrogen-bond acceptors (Lipinski definition) is 6. The monoisotopic (exact) mass is 633 g/mol. The number of rotatable bonds is 5. The number of alkyl halides is 3. The van der Waals surface area contributed by atoms with Crippen LogP contribution in [0.3, 0.4) is 0 Å². The van der Waals surface area contributed by atoms with Crippen molar-refractivity contribution in [3.8, 4) is 5.69 Å². The molecule has 2 heterocycles. The normalized spacial score (nSPS) is 13.6. The van der Waals surface area contributed by atoms with E-state index in [2.05, 4.69) is 15.7 Å². The topological polar surface area (TPSA) is 115 Å². The summed E-state index contributed by atoms with van der Waals surface area (Å²) in [5.74, 6) is -1.83. The maximum Gasteiger partial charge on any atom is 0.435 e. The lowest BCUT2D eigenvalue weighted by molar-refractivity contribution is -0.141. The Morgan fingerprint density at radius 1 is 0.933 bits per heavy atom. The van der Waals surface area contributed by atoms with E-state index in [4.69, 9.17) is 9.47 Å². The summed E-state index contributed by atoms with van der Waals surface area (Å²) in [5, 5.41) is 8.54. The van der Waals surface area contributed by atoms with Crippen LogP contribution in [0.15, 0.2) is 42.5 Å². The third-order valence-corrected chi connectivity index (χ3v) is 6.42. The zero-order valence-electron chi connectivity index (χ0n) is 25.8. The van der Waals surface area contributed by atoms with Crippen molar-refractivity contribution in [2.45, 2.75) is 78.4 Å². The van der Waals surface area contributed by atoms with Crippen LogP contribution in [0.4, 0.5) is 32.8 Å². The second kappa shape index (κ2) is 12.4. The highest BCUT2D eigenvalue weighted by atomic mass is 19.4. The van der Waals surface area contributed by atoms with E-state index in [-0.39, 0.29) is 24.5 Å². The van der Waals surface area contributed by atoms with Gasteiger partial charge in [-0.3, -0.25) is 4.79 Å². The Labute approximate surface area is 257 Å². The summed E-state index contributed by atoms with van der Waals surface area (Å²) in [6.45, 7) is 10.7. The summed E-state index contributed by atoms with van der Waals surface area (Å²) in [4.78, 5) is 39.5. The van der Waals surface area contributed by atoms with Crippen LogP contribution in [-0.2, 0) is 35.2 Å². The zero-order valence-corrected chi connectivity index (χ0v) is 25.8. The van der Waals surface area contributed by atoms with E-state index in [0.29, 0.717) is 35.7 Å². The Morgan fingerprint density at radius 3 is 2.27 bits per heavy atom. The Bertz CT molecular complexity index is 1600. The van der Waals surface area contributed by atoms with Crippen molar-refractivity contribution in [3.63, 3.8) is 0 Å². The molecular weight excluding hydrogens is 598 g/mol. The van der Waals surface area contributed by atoms with Gasteiger partial charge >= 0.3 is 18.4 Å². The van der Waals surface area contributed by atoms with Crippen LogP contribution < -0.4 is 10.6 Å². The number of anilines is 1. The SMILES string of the molecule is CC(C)(C)OC(=O)NCc1cccc(-n2nc(C(F)(F)F)cc2C(=O)Nc2cc3c(cc2F)CCN(C(=O)OC(C)(C)C)C3)c1. The fourth-order valence-electron chi connectivity index (χ4n) is 4.51. The average Bonchev–Trinajstić information content (AvgIpc) is 3.37. The lowest BCUT2D eigenvalue weighted by atomic mass is 9.99. The van der Waals surface area contributed by atoms with Crippen LogP contribution in [-0.4, -0.2) is 50.5 Å². The van der Waals surface area contributed by atoms with E-state index >= 15 is 4.39 Å². The first-order valence-corrected chi connectivity index (χ1v) is 14.1. The smallest absolute Gasteiger partial charge is 0.435 e. The number of alkyl carbamates (subject to hydrolysis) is 1. The second-order valence-electron chi connectivity index (χ2n) is 12.6. The van der Waals surface area contributed by atoms with E-state index in [0.717, 1.165) is 4.68 Å². The molecule has 1 aliphatic rings. The molecule has 0 radical (unpaired) electrons. The molecule has 4 rings (SSSR count). The minimum absolute atomic E-state index is 0.0155. The van der Waals surface area contributed by atoms with Gasteiger partial charge in [-0.2, -0.15) is 18.3 Å². The summed E-state index contributed by atoms with van der Waals surface area (Å²) in [6, 6.07) is 9.19. The molecular formula is C31H35F4N5O5. The fraction of sp³-hybridized carbons (Fsp3) is 0.419. The minimum atomic E-state index is -4.88. The Kier molecular flexibility index (Phi) is 9.17.